The molecule has 1 amide bonds. The van der Waals surface area contributed by atoms with Gasteiger partial charge in [-0.25, -0.2) is 0 Å². The SMILES string of the molecule is CCC1CCC(NC2CCN(CC(N)=O)CC2)CC1. The molecule has 0 radical (unpaired) electrons. The van der Waals surface area contributed by atoms with E-state index >= 15 is 0 Å². The molecule has 0 unspecified atom stereocenters. The second-order valence-electron chi connectivity index (χ2n) is 6.31. The van der Waals surface area contributed by atoms with Gasteiger partial charge in [0.1, 0.15) is 0 Å². The summed E-state index contributed by atoms with van der Waals surface area (Å²) in [4.78, 5) is 13.1. The molecular formula is C15H29N3O. The van der Waals surface area contributed by atoms with Gasteiger partial charge in [0.2, 0.25) is 5.91 Å². The van der Waals surface area contributed by atoms with E-state index < -0.39 is 0 Å². The first kappa shape index (κ1) is 14.8. The van der Waals surface area contributed by atoms with E-state index in [1.165, 1.54) is 32.1 Å². The molecule has 0 aromatic heterocycles. The standard InChI is InChI=1S/C15H29N3O/c1-2-12-3-5-13(6-4-12)17-14-7-9-18(10-8-14)11-15(16)19/h12-14,17H,2-11H2,1H3,(H2,16,19). The number of primary amides is 1. The van der Waals surface area contributed by atoms with Crippen LogP contribution in [0.2, 0.25) is 0 Å². The minimum Gasteiger partial charge on any atom is -0.369 e. The average Bonchev–Trinajstić information content (AvgIpc) is 2.41. The maximum absolute atomic E-state index is 10.9. The Bertz CT molecular complexity index is 279. The van der Waals surface area contributed by atoms with Crippen LogP contribution in [0.5, 0.6) is 0 Å². The Hall–Kier alpha value is -0.610. The van der Waals surface area contributed by atoms with Gasteiger partial charge in [-0.1, -0.05) is 13.3 Å². The monoisotopic (exact) mass is 267 g/mol. The van der Waals surface area contributed by atoms with Gasteiger partial charge < -0.3 is 11.1 Å². The van der Waals surface area contributed by atoms with E-state index in [1.807, 2.05) is 0 Å². The van der Waals surface area contributed by atoms with Crippen molar-refractivity contribution in [2.75, 3.05) is 19.6 Å². The normalized spacial score (nSPS) is 30.4. The summed E-state index contributed by atoms with van der Waals surface area (Å²) in [5, 5.41) is 3.83. The summed E-state index contributed by atoms with van der Waals surface area (Å²) in [5.41, 5.74) is 5.24. The summed E-state index contributed by atoms with van der Waals surface area (Å²) < 4.78 is 0. The Morgan fingerprint density at radius 1 is 1.11 bits per heavy atom. The highest BCUT2D eigenvalue weighted by molar-refractivity contribution is 5.75. The quantitative estimate of drug-likeness (QED) is 0.793. The van der Waals surface area contributed by atoms with Crippen molar-refractivity contribution in [3.05, 3.63) is 0 Å². The molecule has 0 aromatic rings. The van der Waals surface area contributed by atoms with Gasteiger partial charge in [-0.15, -0.1) is 0 Å². The summed E-state index contributed by atoms with van der Waals surface area (Å²) in [6, 6.07) is 1.38. The van der Waals surface area contributed by atoms with Crippen molar-refractivity contribution in [2.45, 2.75) is 64.0 Å². The predicted octanol–water partition coefficient (Wildman–Crippen LogP) is 1.49. The third-order valence-corrected chi connectivity index (χ3v) is 4.86. The van der Waals surface area contributed by atoms with Crippen LogP contribution in [0.1, 0.15) is 51.9 Å². The molecule has 2 aliphatic rings. The largest absolute Gasteiger partial charge is 0.369 e. The number of likely N-dealkylation sites (tertiary alicyclic amines) is 1. The van der Waals surface area contributed by atoms with Crippen LogP contribution >= 0.6 is 0 Å². The Morgan fingerprint density at radius 2 is 1.68 bits per heavy atom. The molecule has 1 saturated carbocycles. The molecule has 0 aromatic carbocycles. The molecule has 1 heterocycles. The van der Waals surface area contributed by atoms with Gasteiger partial charge in [0.05, 0.1) is 6.54 Å². The van der Waals surface area contributed by atoms with Crippen molar-refractivity contribution in [3.8, 4) is 0 Å². The van der Waals surface area contributed by atoms with Crippen LogP contribution in [0.15, 0.2) is 0 Å². The second kappa shape index (κ2) is 7.25. The average molecular weight is 267 g/mol. The summed E-state index contributed by atoms with van der Waals surface area (Å²) in [5.74, 6) is 0.764. The third-order valence-electron chi connectivity index (χ3n) is 4.86. The number of rotatable bonds is 5. The van der Waals surface area contributed by atoms with Gasteiger partial charge in [-0.2, -0.15) is 0 Å². The third kappa shape index (κ3) is 4.77. The first-order valence-corrected chi connectivity index (χ1v) is 7.94. The van der Waals surface area contributed by atoms with Crippen LogP contribution in [-0.2, 0) is 4.79 Å². The summed E-state index contributed by atoms with van der Waals surface area (Å²) >= 11 is 0. The van der Waals surface area contributed by atoms with Gasteiger partial charge in [-0.05, 0) is 44.4 Å². The van der Waals surface area contributed by atoms with Gasteiger partial charge in [0, 0.05) is 25.2 Å². The summed E-state index contributed by atoms with van der Waals surface area (Å²) in [6.45, 7) is 4.75. The lowest BCUT2D eigenvalue weighted by molar-refractivity contribution is -0.119. The molecule has 4 heteroatoms. The number of piperidine rings is 1. The highest BCUT2D eigenvalue weighted by Gasteiger charge is 2.25. The number of nitrogens with two attached hydrogens (primary N) is 1. The zero-order chi connectivity index (χ0) is 13.7. The number of amides is 1. The highest BCUT2D eigenvalue weighted by atomic mass is 16.1. The minimum absolute atomic E-state index is 0.204. The molecule has 0 spiro atoms. The van der Waals surface area contributed by atoms with Crippen LogP contribution in [0, 0.1) is 5.92 Å². The zero-order valence-electron chi connectivity index (χ0n) is 12.2. The molecule has 110 valence electrons. The maximum atomic E-state index is 10.9. The van der Waals surface area contributed by atoms with E-state index in [4.69, 9.17) is 5.73 Å². The van der Waals surface area contributed by atoms with Crippen molar-refractivity contribution in [3.63, 3.8) is 0 Å². The molecule has 19 heavy (non-hydrogen) atoms. The van der Waals surface area contributed by atoms with Crippen molar-refractivity contribution < 1.29 is 4.79 Å². The number of nitrogens with zero attached hydrogens (tertiary/aromatic N) is 1. The van der Waals surface area contributed by atoms with Gasteiger partial charge in [0.25, 0.3) is 0 Å². The van der Waals surface area contributed by atoms with E-state index in [9.17, 15) is 4.79 Å². The summed E-state index contributed by atoms with van der Waals surface area (Å²) in [7, 11) is 0. The molecule has 4 nitrogen and oxygen atoms in total. The van der Waals surface area contributed by atoms with E-state index in [1.54, 1.807) is 0 Å². The first-order chi connectivity index (χ1) is 9.17. The fourth-order valence-electron chi connectivity index (χ4n) is 3.55. The number of carbonyl (C=O) groups is 1. The molecular weight excluding hydrogens is 238 g/mol. The molecule has 1 saturated heterocycles. The number of hydrogen-bond acceptors (Lipinski definition) is 3. The minimum atomic E-state index is -0.204. The van der Waals surface area contributed by atoms with E-state index in [0.717, 1.165) is 37.9 Å². The lowest BCUT2D eigenvalue weighted by Gasteiger charge is -2.36. The van der Waals surface area contributed by atoms with Crippen LogP contribution in [-0.4, -0.2) is 42.5 Å². The fourth-order valence-corrected chi connectivity index (χ4v) is 3.55. The molecule has 1 aliphatic heterocycles. The van der Waals surface area contributed by atoms with Gasteiger partial charge >= 0.3 is 0 Å². The van der Waals surface area contributed by atoms with Crippen LogP contribution in [0.25, 0.3) is 0 Å². The summed E-state index contributed by atoms with van der Waals surface area (Å²) in [6.07, 6.45) is 9.14. The van der Waals surface area contributed by atoms with E-state index in [2.05, 4.69) is 17.1 Å². The molecule has 2 fully saturated rings. The van der Waals surface area contributed by atoms with Crippen molar-refractivity contribution in [1.29, 1.82) is 0 Å². The van der Waals surface area contributed by atoms with Crippen molar-refractivity contribution in [1.82, 2.24) is 10.2 Å². The highest BCUT2D eigenvalue weighted by Crippen LogP contribution is 2.27. The lowest BCUT2D eigenvalue weighted by atomic mass is 9.84. The van der Waals surface area contributed by atoms with E-state index in [0.29, 0.717) is 12.6 Å². The lowest BCUT2D eigenvalue weighted by Crippen LogP contribution is -2.48. The number of hydrogen-bond donors (Lipinski definition) is 2. The Balaban J connectivity index is 1.64. The van der Waals surface area contributed by atoms with Crippen LogP contribution < -0.4 is 11.1 Å². The molecule has 2 rings (SSSR count). The second-order valence-corrected chi connectivity index (χ2v) is 6.31. The molecule has 0 atom stereocenters. The number of carbonyl (C=O) groups excluding carboxylic acids is 1. The molecule has 0 bridgehead atoms. The zero-order valence-corrected chi connectivity index (χ0v) is 12.2. The first-order valence-electron chi connectivity index (χ1n) is 7.94. The fraction of sp³-hybridized carbons (Fsp3) is 0.933. The Morgan fingerprint density at radius 3 is 2.21 bits per heavy atom. The maximum Gasteiger partial charge on any atom is 0.231 e. The number of nitrogens with one attached hydrogen (secondary N) is 1. The van der Waals surface area contributed by atoms with Crippen LogP contribution in [0.3, 0.4) is 0 Å². The predicted molar refractivity (Wildman–Crippen MR) is 77.8 cm³/mol. The Kier molecular flexibility index (Phi) is 5.64. The van der Waals surface area contributed by atoms with Crippen molar-refractivity contribution >= 4 is 5.91 Å². The Labute approximate surface area is 117 Å². The molecule has 1 aliphatic carbocycles. The van der Waals surface area contributed by atoms with Gasteiger partial charge in [-0.3, -0.25) is 9.69 Å². The van der Waals surface area contributed by atoms with Crippen LogP contribution in [0.4, 0.5) is 0 Å². The molecule has 3 N–H and O–H groups in total. The van der Waals surface area contributed by atoms with Crippen molar-refractivity contribution in [2.24, 2.45) is 11.7 Å². The van der Waals surface area contributed by atoms with E-state index in [-0.39, 0.29) is 5.91 Å². The topological polar surface area (TPSA) is 58.4 Å². The smallest absolute Gasteiger partial charge is 0.231 e. The van der Waals surface area contributed by atoms with Gasteiger partial charge in [0.15, 0.2) is 0 Å².